The second-order valence-corrected chi connectivity index (χ2v) is 9.34. The summed E-state index contributed by atoms with van der Waals surface area (Å²) in [6.45, 7) is 3.97. The first kappa shape index (κ1) is 24.5. The molecule has 0 unspecified atom stereocenters. The average molecular weight is 506 g/mol. The SMILES string of the molecule is Cc1cc(C)cc(NC(=O)Cc2nnc(SCC(=O)Nc3ccccc3Cl)n2-c2ccccc2)c1. The van der Waals surface area contributed by atoms with E-state index in [1.165, 1.54) is 11.8 Å². The Bertz CT molecular complexity index is 1340. The molecule has 1 aromatic heterocycles. The van der Waals surface area contributed by atoms with E-state index in [4.69, 9.17) is 11.6 Å². The molecule has 0 aliphatic carbocycles. The Labute approximate surface area is 212 Å². The van der Waals surface area contributed by atoms with Crippen LogP contribution in [-0.4, -0.2) is 32.3 Å². The molecule has 7 nitrogen and oxygen atoms in total. The highest BCUT2D eigenvalue weighted by molar-refractivity contribution is 7.99. The zero-order valence-electron chi connectivity index (χ0n) is 19.3. The molecule has 0 bridgehead atoms. The van der Waals surface area contributed by atoms with Gasteiger partial charge in [-0.15, -0.1) is 10.2 Å². The number of hydrogen-bond donors (Lipinski definition) is 2. The van der Waals surface area contributed by atoms with Crippen LogP contribution in [0.15, 0.2) is 78.0 Å². The minimum atomic E-state index is -0.222. The normalized spacial score (nSPS) is 10.7. The lowest BCUT2D eigenvalue weighted by atomic mass is 10.1. The zero-order chi connectivity index (χ0) is 24.8. The van der Waals surface area contributed by atoms with Crippen molar-refractivity contribution < 1.29 is 9.59 Å². The molecule has 0 saturated carbocycles. The molecule has 4 rings (SSSR count). The molecule has 0 saturated heterocycles. The van der Waals surface area contributed by atoms with Gasteiger partial charge in [-0.3, -0.25) is 14.2 Å². The third-order valence-corrected chi connectivity index (χ3v) is 6.28. The Morgan fingerprint density at radius 3 is 2.29 bits per heavy atom. The molecule has 2 amide bonds. The first-order valence-electron chi connectivity index (χ1n) is 10.9. The van der Waals surface area contributed by atoms with Gasteiger partial charge >= 0.3 is 0 Å². The molecule has 4 aromatic rings. The van der Waals surface area contributed by atoms with Gasteiger partial charge in [0.15, 0.2) is 5.16 Å². The smallest absolute Gasteiger partial charge is 0.234 e. The minimum absolute atomic E-state index is 0.0290. The fraction of sp³-hybridized carbons (Fsp3) is 0.154. The maximum atomic E-state index is 12.8. The van der Waals surface area contributed by atoms with Gasteiger partial charge in [-0.1, -0.05) is 59.8 Å². The minimum Gasteiger partial charge on any atom is -0.326 e. The maximum Gasteiger partial charge on any atom is 0.234 e. The van der Waals surface area contributed by atoms with Gasteiger partial charge in [-0.2, -0.15) is 0 Å². The summed E-state index contributed by atoms with van der Waals surface area (Å²) < 4.78 is 1.80. The molecular formula is C26H24ClN5O2S. The van der Waals surface area contributed by atoms with Crippen LogP contribution in [-0.2, 0) is 16.0 Å². The number of nitrogens with zero attached hydrogens (tertiary/aromatic N) is 3. The molecule has 178 valence electrons. The maximum absolute atomic E-state index is 12.8. The van der Waals surface area contributed by atoms with E-state index in [0.29, 0.717) is 21.7 Å². The van der Waals surface area contributed by atoms with E-state index in [1.54, 1.807) is 28.8 Å². The van der Waals surface area contributed by atoms with Gasteiger partial charge in [-0.25, -0.2) is 0 Å². The van der Waals surface area contributed by atoms with Crippen molar-refractivity contribution in [2.24, 2.45) is 0 Å². The number of para-hydroxylation sites is 2. The van der Waals surface area contributed by atoms with Crippen LogP contribution >= 0.6 is 23.4 Å². The highest BCUT2D eigenvalue weighted by atomic mass is 35.5. The number of benzene rings is 3. The van der Waals surface area contributed by atoms with Crippen LogP contribution in [0.25, 0.3) is 5.69 Å². The summed E-state index contributed by atoms with van der Waals surface area (Å²) in [5, 5.41) is 15.3. The third kappa shape index (κ3) is 6.49. The Kier molecular flexibility index (Phi) is 7.84. The average Bonchev–Trinajstić information content (AvgIpc) is 3.21. The van der Waals surface area contributed by atoms with Crippen LogP contribution in [0.1, 0.15) is 17.0 Å². The van der Waals surface area contributed by atoms with Gasteiger partial charge < -0.3 is 10.6 Å². The van der Waals surface area contributed by atoms with Gasteiger partial charge in [0.05, 0.1) is 22.9 Å². The number of aryl methyl sites for hydroxylation is 2. The number of thioether (sulfide) groups is 1. The summed E-state index contributed by atoms with van der Waals surface area (Å²) in [4.78, 5) is 25.3. The fourth-order valence-electron chi connectivity index (χ4n) is 3.62. The lowest BCUT2D eigenvalue weighted by molar-refractivity contribution is -0.116. The second-order valence-electron chi connectivity index (χ2n) is 7.99. The number of anilines is 2. The second kappa shape index (κ2) is 11.2. The number of halogens is 1. The fourth-order valence-corrected chi connectivity index (χ4v) is 4.57. The number of carbonyl (C=O) groups excluding carboxylic acids is 2. The van der Waals surface area contributed by atoms with Crippen molar-refractivity contribution in [3.63, 3.8) is 0 Å². The lowest BCUT2D eigenvalue weighted by Gasteiger charge is -2.11. The van der Waals surface area contributed by atoms with E-state index in [0.717, 1.165) is 22.5 Å². The Hall–Kier alpha value is -3.62. The summed E-state index contributed by atoms with van der Waals surface area (Å²) in [7, 11) is 0. The first-order chi connectivity index (χ1) is 16.9. The molecule has 0 fully saturated rings. The van der Waals surface area contributed by atoms with E-state index in [-0.39, 0.29) is 24.0 Å². The van der Waals surface area contributed by atoms with Gasteiger partial charge in [-0.05, 0) is 61.4 Å². The molecule has 0 aliphatic heterocycles. The van der Waals surface area contributed by atoms with Crippen LogP contribution in [0.5, 0.6) is 0 Å². The van der Waals surface area contributed by atoms with Crippen LogP contribution in [0.4, 0.5) is 11.4 Å². The predicted octanol–water partition coefficient (Wildman–Crippen LogP) is 5.45. The molecule has 1 heterocycles. The number of nitrogens with one attached hydrogen (secondary N) is 2. The van der Waals surface area contributed by atoms with Crippen molar-refractivity contribution in [2.75, 3.05) is 16.4 Å². The van der Waals surface area contributed by atoms with E-state index in [2.05, 4.69) is 20.8 Å². The van der Waals surface area contributed by atoms with Crippen molar-refractivity contribution in [2.45, 2.75) is 25.4 Å². The summed E-state index contributed by atoms with van der Waals surface area (Å²) in [6.07, 6.45) is 0.0290. The molecule has 0 aliphatic rings. The van der Waals surface area contributed by atoms with Gasteiger partial charge in [0.2, 0.25) is 11.8 Å². The van der Waals surface area contributed by atoms with Crippen molar-refractivity contribution in [1.82, 2.24) is 14.8 Å². The Morgan fingerprint density at radius 1 is 0.886 bits per heavy atom. The van der Waals surface area contributed by atoms with Crippen molar-refractivity contribution in [3.05, 3.63) is 94.8 Å². The first-order valence-corrected chi connectivity index (χ1v) is 12.3. The van der Waals surface area contributed by atoms with E-state index in [1.807, 2.05) is 62.4 Å². The highest BCUT2D eigenvalue weighted by Gasteiger charge is 2.19. The largest absolute Gasteiger partial charge is 0.326 e. The van der Waals surface area contributed by atoms with Crippen molar-refractivity contribution in [3.8, 4) is 5.69 Å². The monoisotopic (exact) mass is 505 g/mol. The third-order valence-electron chi connectivity index (χ3n) is 5.02. The van der Waals surface area contributed by atoms with Crippen LogP contribution in [0, 0.1) is 13.8 Å². The van der Waals surface area contributed by atoms with Gasteiger partial charge in [0.25, 0.3) is 0 Å². The standard InChI is InChI=1S/C26H24ClN5O2S/c1-17-12-18(2)14-19(13-17)28-24(33)15-23-30-31-26(32(23)20-8-4-3-5-9-20)35-16-25(34)29-22-11-7-6-10-21(22)27/h3-14H,15-16H2,1-2H3,(H,28,33)(H,29,34). The summed E-state index contributed by atoms with van der Waals surface area (Å²) in [6, 6.07) is 22.5. The van der Waals surface area contributed by atoms with E-state index >= 15 is 0 Å². The number of carbonyl (C=O) groups is 2. The zero-order valence-corrected chi connectivity index (χ0v) is 20.9. The van der Waals surface area contributed by atoms with Crippen LogP contribution in [0.3, 0.4) is 0 Å². The van der Waals surface area contributed by atoms with Crippen molar-refractivity contribution in [1.29, 1.82) is 0 Å². The molecule has 35 heavy (non-hydrogen) atoms. The lowest BCUT2D eigenvalue weighted by Crippen LogP contribution is -2.18. The number of hydrogen-bond acceptors (Lipinski definition) is 5. The predicted molar refractivity (Wildman–Crippen MR) is 140 cm³/mol. The van der Waals surface area contributed by atoms with Crippen LogP contribution < -0.4 is 10.6 Å². The van der Waals surface area contributed by atoms with E-state index < -0.39 is 0 Å². The van der Waals surface area contributed by atoms with Gasteiger partial charge in [0.1, 0.15) is 5.82 Å². The van der Waals surface area contributed by atoms with Gasteiger partial charge in [0, 0.05) is 11.4 Å². The molecule has 0 radical (unpaired) electrons. The molecule has 3 aromatic carbocycles. The molecule has 0 atom stereocenters. The molecular weight excluding hydrogens is 482 g/mol. The summed E-state index contributed by atoms with van der Waals surface area (Å²) >= 11 is 7.37. The molecule has 9 heteroatoms. The van der Waals surface area contributed by atoms with Crippen LogP contribution in [0.2, 0.25) is 5.02 Å². The molecule has 0 spiro atoms. The Morgan fingerprint density at radius 2 is 1.57 bits per heavy atom. The van der Waals surface area contributed by atoms with E-state index in [9.17, 15) is 9.59 Å². The quantitative estimate of drug-likeness (QED) is 0.311. The van der Waals surface area contributed by atoms with Crippen molar-refractivity contribution >= 4 is 46.6 Å². The summed E-state index contributed by atoms with van der Waals surface area (Å²) in [5.41, 5.74) is 4.24. The topological polar surface area (TPSA) is 88.9 Å². The number of rotatable bonds is 8. The molecule has 2 N–H and O–H groups in total. The highest BCUT2D eigenvalue weighted by Crippen LogP contribution is 2.24. The number of aromatic nitrogens is 3. The Balaban J connectivity index is 1.50. The number of amides is 2. The summed E-state index contributed by atoms with van der Waals surface area (Å²) in [5.74, 6) is 0.157.